The van der Waals surface area contributed by atoms with Crippen LogP contribution in [0.1, 0.15) is 12.8 Å². The first kappa shape index (κ1) is 14.1. The van der Waals surface area contributed by atoms with Gasteiger partial charge in [0.25, 0.3) is 0 Å². The maximum Gasteiger partial charge on any atom is 0.241 e. The number of halogens is 1. The van der Waals surface area contributed by atoms with Crippen LogP contribution in [0, 0.1) is 5.95 Å². The zero-order valence-corrected chi connectivity index (χ0v) is 12.9. The summed E-state index contributed by atoms with van der Waals surface area (Å²) in [6.07, 6.45) is 6.74. The van der Waals surface area contributed by atoms with Crippen LogP contribution in [0.2, 0.25) is 0 Å². The van der Waals surface area contributed by atoms with E-state index in [9.17, 15) is 4.39 Å². The normalized spacial score (nSPS) is 20.7. The van der Waals surface area contributed by atoms with Gasteiger partial charge in [0.1, 0.15) is 17.3 Å². The summed E-state index contributed by atoms with van der Waals surface area (Å²) in [7, 11) is 3.71. The molecule has 0 bridgehead atoms. The molecular weight excluding hydrogens is 299 g/mol. The van der Waals surface area contributed by atoms with Crippen molar-refractivity contribution in [1.29, 1.82) is 0 Å². The third-order valence-electron chi connectivity index (χ3n) is 4.22. The minimum atomic E-state index is -0.521. The molecule has 3 aromatic heterocycles. The predicted octanol–water partition coefficient (Wildman–Crippen LogP) is 1.40. The Balaban J connectivity index is 1.74. The summed E-state index contributed by atoms with van der Waals surface area (Å²) in [6.45, 7) is 0. The van der Waals surface area contributed by atoms with Crippen molar-refractivity contribution in [3.63, 3.8) is 0 Å². The SMILES string of the molecule is CNC1CC(Oc2nc(-c3cnn(C)c3)c(F)n3nccc23)C1. The molecule has 1 aliphatic carbocycles. The minimum Gasteiger partial charge on any atom is -0.473 e. The largest absolute Gasteiger partial charge is 0.473 e. The van der Waals surface area contributed by atoms with Gasteiger partial charge in [-0.15, -0.1) is 0 Å². The lowest BCUT2D eigenvalue weighted by molar-refractivity contribution is 0.0850. The molecule has 0 aliphatic heterocycles. The second-order valence-corrected chi connectivity index (χ2v) is 5.78. The fraction of sp³-hybridized carbons (Fsp3) is 0.400. The molecule has 1 saturated carbocycles. The van der Waals surface area contributed by atoms with Gasteiger partial charge in [-0.25, -0.2) is 4.98 Å². The molecule has 0 saturated heterocycles. The van der Waals surface area contributed by atoms with E-state index in [-0.39, 0.29) is 11.8 Å². The van der Waals surface area contributed by atoms with Gasteiger partial charge >= 0.3 is 0 Å². The summed E-state index contributed by atoms with van der Waals surface area (Å²) < 4.78 is 23.5. The summed E-state index contributed by atoms with van der Waals surface area (Å²) in [5.74, 6) is -0.116. The molecule has 120 valence electrons. The highest BCUT2D eigenvalue weighted by atomic mass is 19.1. The number of hydrogen-bond acceptors (Lipinski definition) is 5. The molecule has 1 fully saturated rings. The highest BCUT2D eigenvalue weighted by molar-refractivity contribution is 5.64. The van der Waals surface area contributed by atoms with Gasteiger partial charge in [-0.3, -0.25) is 4.68 Å². The first-order valence-electron chi connectivity index (χ1n) is 7.52. The molecule has 3 heterocycles. The van der Waals surface area contributed by atoms with Gasteiger partial charge in [0, 0.05) is 24.8 Å². The number of hydrogen-bond donors (Lipinski definition) is 1. The molecule has 0 radical (unpaired) electrons. The molecule has 23 heavy (non-hydrogen) atoms. The van der Waals surface area contributed by atoms with Crippen molar-refractivity contribution in [3.8, 4) is 17.1 Å². The number of aryl methyl sites for hydroxylation is 1. The van der Waals surface area contributed by atoms with Crippen molar-refractivity contribution in [2.24, 2.45) is 7.05 Å². The maximum absolute atomic E-state index is 14.7. The van der Waals surface area contributed by atoms with E-state index in [1.54, 1.807) is 30.2 Å². The monoisotopic (exact) mass is 316 g/mol. The quantitative estimate of drug-likeness (QED) is 0.788. The molecule has 4 rings (SSSR count). The van der Waals surface area contributed by atoms with Crippen LogP contribution in [0.25, 0.3) is 16.8 Å². The molecule has 0 aromatic carbocycles. The van der Waals surface area contributed by atoms with Crippen LogP contribution in [0.3, 0.4) is 0 Å². The number of fused-ring (bicyclic) bond motifs is 1. The van der Waals surface area contributed by atoms with E-state index in [0.717, 1.165) is 12.8 Å². The van der Waals surface area contributed by atoms with E-state index < -0.39 is 5.95 Å². The van der Waals surface area contributed by atoms with Crippen molar-refractivity contribution in [2.45, 2.75) is 25.0 Å². The average Bonchev–Trinajstić information content (AvgIpc) is 3.13. The lowest BCUT2D eigenvalue weighted by Crippen LogP contribution is -2.45. The van der Waals surface area contributed by atoms with Gasteiger partial charge < -0.3 is 10.1 Å². The van der Waals surface area contributed by atoms with Crippen LogP contribution in [-0.4, -0.2) is 43.6 Å². The molecule has 0 amide bonds. The third kappa shape index (κ3) is 2.35. The minimum absolute atomic E-state index is 0.0888. The molecule has 0 unspecified atom stereocenters. The number of nitrogens with zero attached hydrogens (tertiary/aromatic N) is 5. The molecule has 0 atom stereocenters. The lowest BCUT2D eigenvalue weighted by Gasteiger charge is -2.34. The van der Waals surface area contributed by atoms with Gasteiger partial charge in [-0.05, 0) is 26.0 Å². The summed E-state index contributed by atoms with van der Waals surface area (Å²) in [6, 6.07) is 2.17. The highest BCUT2D eigenvalue weighted by Crippen LogP contribution is 2.30. The van der Waals surface area contributed by atoms with Crippen molar-refractivity contribution in [1.82, 2.24) is 29.7 Å². The van der Waals surface area contributed by atoms with Crippen LogP contribution in [0.15, 0.2) is 24.7 Å². The fourth-order valence-electron chi connectivity index (χ4n) is 2.80. The zero-order chi connectivity index (χ0) is 16.0. The number of aromatic nitrogens is 5. The first-order chi connectivity index (χ1) is 11.2. The molecule has 8 heteroatoms. The number of rotatable bonds is 4. The smallest absolute Gasteiger partial charge is 0.241 e. The molecule has 0 spiro atoms. The van der Waals surface area contributed by atoms with E-state index in [4.69, 9.17) is 4.74 Å². The molecule has 7 nitrogen and oxygen atoms in total. The van der Waals surface area contributed by atoms with Crippen LogP contribution >= 0.6 is 0 Å². The Labute approximate surface area is 132 Å². The van der Waals surface area contributed by atoms with Crippen LogP contribution in [0.4, 0.5) is 4.39 Å². The van der Waals surface area contributed by atoms with Crippen LogP contribution in [-0.2, 0) is 7.05 Å². The van der Waals surface area contributed by atoms with E-state index in [0.29, 0.717) is 23.0 Å². The second-order valence-electron chi connectivity index (χ2n) is 5.78. The summed E-state index contributed by atoms with van der Waals surface area (Å²) >= 11 is 0. The highest BCUT2D eigenvalue weighted by Gasteiger charge is 2.31. The summed E-state index contributed by atoms with van der Waals surface area (Å²) in [4.78, 5) is 4.40. The Kier molecular flexibility index (Phi) is 3.26. The third-order valence-corrected chi connectivity index (χ3v) is 4.22. The van der Waals surface area contributed by atoms with Gasteiger partial charge in [-0.1, -0.05) is 0 Å². The van der Waals surface area contributed by atoms with Gasteiger partial charge in [0.15, 0.2) is 0 Å². The van der Waals surface area contributed by atoms with Gasteiger partial charge in [0.05, 0.1) is 12.4 Å². The molecular formula is C15H17FN6O. The number of ether oxygens (including phenoxy) is 1. The topological polar surface area (TPSA) is 69.3 Å². The van der Waals surface area contributed by atoms with Crippen molar-refractivity contribution < 1.29 is 9.13 Å². The molecule has 1 N–H and O–H groups in total. The lowest BCUT2D eigenvalue weighted by atomic mass is 9.89. The zero-order valence-electron chi connectivity index (χ0n) is 12.9. The number of nitrogens with one attached hydrogen (secondary N) is 1. The fourth-order valence-corrected chi connectivity index (χ4v) is 2.80. The Hall–Kier alpha value is -2.48. The van der Waals surface area contributed by atoms with E-state index in [2.05, 4.69) is 20.5 Å². The molecule has 1 aliphatic rings. The standard InChI is InChI=1S/C15H17FN6O/c1-17-10-5-11(6-10)23-15-12-3-4-18-22(12)14(16)13(20-15)9-7-19-21(2)8-9/h3-4,7-8,10-11,17H,5-6H2,1-2H3. The van der Waals surface area contributed by atoms with Crippen molar-refractivity contribution in [3.05, 3.63) is 30.6 Å². The van der Waals surface area contributed by atoms with Crippen LogP contribution < -0.4 is 10.1 Å². The predicted molar refractivity (Wildman–Crippen MR) is 81.6 cm³/mol. The Morgan fingerprint density at radius 1 is 1.35 bits per heavy atom. The van der Waals surface area contributed by atoms with E-state index in [1.807, 2.05) is 7.05 Å². The van der Waals surface area contributed by atoms with Crippen molar-refractivity contribution in [2.75, 3.05) is 7.05 Å². The Morgan fingerprint density at radius 2 is 2.17 bits per heavy atom. The van der Waals surface area contributed by atoms with Crippen LogP contribution in [0.5, 0.6) is 5.88 Å². The second kappa shape index (κ2) is 5.31. The summed E-state index contributed by atoms with van der Waals surface area (Å²) in [5, 5.41) is 11.3. The molecule has 3 aromatic rings. The van der Waals surface area contributed by atoms with E-state index >= 15 is 0 Å². The Morgan fingerprint density at radius 3 is 2.87 bits per heavy atom. The Bertz CT molecular complexity index is 851. The van der Waals surface area contributed by atoms with E-state index in [1.165, 1.54) is 10.7 Å². The van der Waals surface area contributed by atoms with Gasteiger partial charge in [-0.2, -0.15) is 19.1 Å². The summed E-state index contributed by atoms with van der Waals surface area (Å²) in [5.41, 5.74) is 1.31. The maximum atomic E-state index is 14.7. The first-order valence-corrected chi connectivity index (χ1v) is 7.52. The average molecular weight is 316 g/mol. The van der Waals surface area contributed by atoms with Gasteiger partial charge in [0.2, 0.25) is 11.8 Å². The van der Waals surface area contributed by atoms with Crippen molar-refractivity contribution >= 4 is 5.52 Å².